The van der Waals surface area contributed by atoms with Crippen LogP contribution in [0.1, 0.15) is 0 Å². The summed E-state index contributed by atoms with van der Waals surface area (Å²) in [4.78, 5) is 11.7. The number of carbonyl (C=O) groups is 1. The molecule has 1 amide bonds. The maximum Gasteiger partial charge on any atom is 0.420 e. The summed E-state index contributed by atoms with van der Waals surface area (Å²) < 4.78 is 16.8. The van der Waals surface area contributed by atoms with Gasteiger partial charge in [0, 0.05) is 0 Å². The average Bonchev–Trinajstić information content (AvgIpc) is 2.84. The highest BCUT2D eigenvalue weighted by atomic mass is 31.2. The van der Waals surface area contributed by atoms with Crippen LogP contribution in [-0.2, 0) is 13.8 Å². The minimum Gasteiger partial charge on any atom is -0.452 e. The van der Waals surface area contributed by atoms with Crippen LogP contribution in [0.4, 0.5) is 10.5 Å². The van der Waals surface area contributed by atoms with Gasteiger partial charge in [-0.3, -0.25) is 0 Å². The van der Waals surface area contributed by atoms with Gasteiger partial charge in [-0.25, -0.2) is 9.46 Å². The zero-order chi connectivity index (χ0) is 11.4. The molecule has 0 N–H and O–H groups in total. The highest BCUT2D eigenvalue weighted by molar-refractivity contribution is 7.50. The van der Waals surface area contributed by atoms with Crippen molar-refractivity contribution in [3.05, 3.63) is 30.3 Å². The Morgan fingerprint density at radius 1 is 1.31 bits per heavy atom. The standard InChI is InChI=1S/C10H12NO4P/c1-13-10(12)11(16-14-7-8-15-16)9-5-3-2-4-6-9/h2-6H,7-8H2,1H3. The van der Waals surface area contributed by atoms with Crippen molar-refractivity contribution in [3.63, 3.8) is 0 Å². The third-order valence-electron chi connectivity index (χ3n) is 2.00. The number of ether oxygens (including phenoxy) is 1. The second-order valence-electron chi connectivity index (χ2n) is 3.02. The molecule has 1 heterocycles. The van der Waals surface area contributed by atoms with Gasteiger partial charge in [0.1, 0.15) is 0 Å². The van der Waals surface area contributed by atoms with E-state index in [2.05, 4.69) is 0 Å². The molecule has 1 aromatic rings. The summed E-state index contributed by atoms with van der Waals surface area (Å²) in [6, 6.07) is 9.19. The minimum atomic E-state index is -1.37. The molecule has 0 saturated carbocycles. The molecule has 1 aliphatic rings. The van der Waals surface area contributed by atoms with E-state index in [1.165, 1.54) is 11.8 Å². The topological polar surface area (TPSA) is 48.0 Å². The summed E-state index contributed by atoms with van der Waals surface area (Å²) in [6.45, 7) is 1.01. The molecule has 0 radical (unpaired) electrons. The number of para-hydroxylation sites is 1. The first-order valence-corrected chi connectivity index (χ1v) is 5.95. The molecule has 0 spiro atoms. The van der Waals surface area contributed by atoms with Crippen molar-refractivity contribution in [1.82, 2.24) is 0 Å². The minimum absolute atomic E-state index is 0.473. The van der Waals surface area contributed by atoms with E-state index in [-0.39, 0.29) is 0 Å². The fourth-order valence-electron chi connectivity index (χ4n) is 1.31. The fraction of sp³-hybridized carbons (Fsp3) is 0.300. The van der Waals surface area contributed by atoms with Crippen molar-refractivity contribution in [2.75, 3.05) is 25.0 Å². The third-order valence-corrected chi connectivity index (χ3v) is 3.53. The molecule has 86 valence electrons. The van der Waals surface area contributed by atoms with Gasteiger partial charge < -0.3 is 13.8 Å². The van der Waals surface area contributed by atoms with Gasteiger partial charge in [0.2, 0.25) is 0 Å². The number of hydrogen-bond donors (Lipinski definition) is 0. The van der Waals surface area contributed by atoms with E-state index in [0.29, 0.717) is 18.9 Å². The summed E-state index contributed by atoms with van der Waals surface area (Å²) in [6.07, 6.45) is -0.473. The number of amides is 1. The van der Waals surface area contributed by atoms with Gasteiger partial charge in [0.25, 0.3) is 8.53 Å². The van der Waals surface area contributed by atoms with Crippen LogP contribution < -0.4 is 4.67 Å². The molecule has 5 nitrogen and oxygen atoms in total. The second-order valence-corrected chi connectivity index (χ2v) is 4.41. The molecule has 1 saturated heterocycles. The number of rotatable bonds is 2. The van der Waals surface area contributed by atoms with Gasteiger partial charge in [-0.1, -0.05) is 18.2 Å². The van der Waals surface area contributed by atoms with Gasteiger partial charge in [0.15, 0.2) is 0 Å². The Balaban J connectivity index is 2.24. The smallest absolute Gasteiger partial charge is 0.420 e. The number of hydrogen-bond acceptors (Lipinski definition) is 4. The first-order valence-electron chi connectivity index (χ1n) is 4.82. The predicted octanol–water partition coefficient (Wildman–Crippen LogP) is 2.53. The van der Waals surface area contributed by atoms with Gasteiger partial charge >= 0.3 is 6.09 Å². The summed E-state index contributed by atoms with van der Waals surface area (Å²) in [7, 11) is -0.0343. The first kappa shape index (κ1) is 11.3. The lowest BCUT2D eigenvalue weighted by Crippen LogP contribution is -2.25. The largest absolute Gasteiger partial charge is 0.452 e. The van der Waals surface area contributed by atoms with E-state index in [4.69, 9.17) is 13.8 Å². The lowest BCUT2D eigenvalue weighted by molar-refractivity contribution is 0.182. The summed E-state index contributed by atoms with van der Waals surface area (Å²) in [5.74, 6) is 0. The number of methoxy groups -OCH3 is 1. The maximum absolute atomic E-state index is 11.7. The SMILES string of the molecule is COC(=O)N(c1ccccc1)P1OCCO1. The Kier molecular flexibility index (Phi) is 3.72. The van der Waals surface area contributed by atoms with Crippen molar-refractivity contribution < 1.29 is 18.6 Å². The van der Waals surface area contributed by atoms with Crippen LogP contribution in [0.3, 0.4) is 0 Å². The Morgan fingerprint density at radius 2 is 1.94 bits per heavy atom. The first-order chi connectivity index (χ1) is 7.83. The Morgan fingerprint density at radius 3 is 2.50 bits per heavy atom. The van der Waals surface area contributed by atoms with Crippen molar-refractivity contribution in [1.29, 1.82) is 0 Å². The Hall–Kier alpha value is -1.16. The van der Waals surface area contributed by atoms with Gasteiger partial charge in [-0.05, 0) is 12.1 Å². The highest BCUT2D eigenvalue weighted by Crippen LogP contribution is 2.49. The van der Waals surface area contributed by atoms with Gasteiger partial charge in [0.05, 0.1) is 26.0 Å². The number of nitrogens with zero attached hydrogens (tertiary/aromatic N) is 1. The number of benzene rings is 1. The molecule has 1 aliphatic heterocycles. The van der Waals surface area contributed by atoms with E-state index in [0.717, 1.165) is 0 Å². The molecule has 0 atom stereocenters. The van der Waals surface area contributed by atoms with Crippen LogP contribution in [0.2, 0.25) is 0 Å². The van der Waals surface area contributed by atoms with Crippen LogP contribution >= 0.6 is 8.53 Å². The van der Waals surface area contributed by atoms with E-state index < -0.39 is 14.6 Å². The summed E-state index contributed by atoms with van der Waals surface area (Å²) in [5, 5.41) is 0. The lowest BCUT2D eigenvalue weighted by atomic mass is 10.3. The van der Waals surface area contributed by atoms with E-state index in [9.17, 15) is 4.79 Å². The average molecular weight is 241 g/mol. The summed E-state index contributed by atoms with van der Waals surface area (Å²) in [5.41, 5.74) is 0.711. The van der Waals surface area contributed by atoms with Crippen molar-refractivity contribution in [3.8, 4) is 0 Å². The lowest BCUT2D eigenvalue weighted by Gasteiger charge is -2.23. The molecule has 0 aromatic heterocycles. The third kappa shape index (κ3) is 2.32. The van der Waals surface area contributed by atoms with Gasteiger partial charge in [-0.15, -0.1) is 0 Å². The van der Waals surface area contributed by atoms with Crippen molar-refractivity contribution in [2.24, 2.45) is 0 Å². The molecular formula is C10H12NO4P. The molecule has 1 fully saturated rings. The van der Waals surface area contributed by atoms with Crippen LogP contribution in [0.25, 0.3) is 0 Å². The quantitative estimate of drug-likeness (QED) is 0.746. The normalized spacial score (nSPS) is 16.1. The zero-order valence-electron chi connectivity index (χ0n) is 8.83. The number of carbonyl (C=O) groups excluding carboxylic acids is 1. The fourth-order valence-corrected chi connectivity index (χ4v) is 2.61. The van der Waals surface area contributed by atoms with Crippen molar-refractivity contribution >= 4 is 20.3 Å². The molecule has 0 unspecified atom stereocenters. The van der Waals surface area contributed by atoms with E-state index >= 15 is 0 Å². The molecular weight excluding hydrogens is 229 g/mol. The van der Waals surface area contributed by atoms with Crippen LogP contribution in [0, 0.1) is 0 Å². The van der Waals surface area contributed by atoms with Crippen LogP contribution in [-0.4, -0.2) is 26.4 Å². The Bertz CT molecular complexity index is 353. The van der Waals surface area contributed by atoms with Gasteiger partial charge in [-0.2, -0.15) is 0 Å². The summed E-state index contributed by atoms with van der Waals surface area (Å²) >= 11 is 0. The molecule has 0 aliphatic carbocycles. The number of anilines is 1. The maximum atomic E-state index is 11.7. The predicted molar refractivity (Wildman–Crippen MR) is 60.2 cm³/mol. The molecule has 2 rings (SSSR count). The van der Waals surface area contributed by atoms with Crippen LogP contribution in [0.5, 0.6) is 0 Å². The zero-order valence-corrected chi connectivity index (χ0v) is 9.72. The molecule has 1 aromatic carbocycles. The molecule has 0 bridgehead atoms. The van der Waals surface area contributed by atoms with E-state index in [1.54, 1.807) is 0 Å². The Labute approximate surface area is 94.9 Å². The molecule has 16 heavy (non-hydrogen) atoms. The van der Waals surface area contributed by atoms with Crippen molar-refractivity contribution in [2.45, 2.75) is 0 Å². The van der Waals surface area contributed by atoms with Crippen LogP contribution in [0.15, 0.2) is 30.3 Å². The van der Waals surface area contributed by atoms with E-state index in [1.807, 2.05) is 30.3 Å². The highest BCUT2D eigenvalue weighted by Gasteiger charge is 2.32. The molecule has 6 heteroatoms. The monoisotopic (exact) mass is 241 g/mol. The second kappa shape index (κ2) is 5.25.